The highest BCUT2D eigenvalue weighted by atomic mass is 16.2. The van der Waals surface area contributed by atoms with Gasteiger partial charge < -0.3 is 9.80 Å². The lowest BCUT2D eigenvalue weighted by Gasteiger charge is -2.29. The fraction of sp³-hybridized carbons (Fsp3) is 0.364. The lowest BCUT2D eigenvalue weighted by molar-refractivity contribution is -0.132. The van der Waals surface area contributed by atoms with E-state index >= 15 is 0 Å². The van der Waals surface area contributed by atoms with Crippen LogP contribution in [0.25, 0.3) is 39.3 Å². The molecular formula is C33H35N11O2. The predicted molar refractivity (Wildman–Crippen MR) is 172 cm³/mol. The summed E-state index contributed by atoms with van der Waals surface area (Å²) in [6.07, 6.45) is 7.90. The molecule has 0 bridgehead atoms. The largest absolute Gasteiger partial charge is 0.338 e. The number of aromatic amines is 1. The van der Waals surface area contributed by atoms with Gasteiger partial charge in [0.2, 0.25) is 11.8 Å². The summed E-state index contributed by atoms with van der Waals surface area (Å²) in [5, 5.41) is 21.4. The molecule has 8 rings (SSSR count). The summed E-state index contributed by atoms with van der Waals surface area (Å²) in [7, 11) is 3.63. The van der Waals surface area contributed by atoms with Gasteiger partial charge in [-0.25, -0.2) is 4.98 Å². The van der Waals surface area contributed by atoms with Crippen LogP contribution >= 0.6 is 0 Å². The first-order valence-corrected chi connectivity index (χ1v) is 15.7. The molecule has 0 aliphatic carbocycles. The average molecular weight is 618 g/mol. The van der Waals surface area contributed by atoms with Gasteiger partial charge in [-0.2, -0.15) is 25.2 Å². The van der Waals surface area contributed by atoms with Crippen molar-refractivity contribution in [3.05, 3.63) is 66.6 Å². The molecule has 3 aromatic heterocycles. The summed E-state index contributed by atoms with van der Waals surface area (Å²) in [5.74, 6) is 0.970. The molecule has 3 aliphatic rings. The van der Waals surface area contributed by atoms with Gasteiger partial charge in [-0.15, -0.1) is 0 Å². The Morgan fingerprint density at radius 1 is 1.00 bits per heavy atom. The molecule has 1 spiro atoms. The molecule has 0 saturated carbocycles. The zero-order chi connectivity index (χ0) is 31.4. The molecule has 234 valence electrons. The van der Waals surface area contributed by atoms with Gasteiger partial charge in [-0.05, 0) is 55.1 Å². The third-order valence-electron chi connectivity index (χ3n) is 9.68. The molecule has 2 fully saturated rings. The van der Waals surface area contributed by atoms with Crippen molar-refractivity contribution in [3.8, 4) is 22.8 Å². The van der Waals surface area contributed by atoms with Crippen molar-refractivity contribution in [2.75, 3.05) is 44.2 Å². The van der Waals surface area contributed by atoms with Gasteiger partial charge in [0.15, 0.2) is 5.82 Å². The maximum absolute atomic E-state index is 13.9. The van der Waals surface area contributed by atoms with Crippen LogP contribution in [0.4, 0.5) is 5.69 Å². The van der Waals surface area contributed by atoms with Crippen molar-refractivity contribution in [1.29, 1.82) is 0 Å². The molecule has 2 aromatic carbocycles. The lowest BCUT2D eigenvalue weighted by Crippen LogP contribution is -2.43. The Balaban J connectivity index is 0.893. The molecule has 2 saturated heterocycles. The first-order chi connectivity index (χ1) is 22.3. The van der Waals surface area contributed by atoms with Gasteiger partial charge in [0.25, 0.3) is 0 Å². The van der Waals surface area contributed by atoms with Gasteiger partial charge in [0, 0.05) is 56.9 Å². The van der Waals surface area contributed by atoms with Crippen molar-refractivity contribution in [3.63, 3.8) is 0 Å². The SMILES string of the molecule is Cn1cnc(-c2ccc(C3=CCN(C(=O)CN4CCC5(CCN(c6ccc7[nH]nc(-c8cnn(C)n8)c7c6)C5=O)C4)CC3)cc2)n1. The third-order valence-corrected chi connectivity index (χ3v) is 9.68. The van der Waals surface area contributed by atoms with Crippen molar-refractivity contribution in [2.24, 2.45) is 19.5 Å². The zero-order valence-corrected chi connectivity index (χ0v) is 25.9. The van der Waals surface area contributed by atoms with Crippen LogP contribution in [0.2, 0.25) is 0 Å². The van der Waals surface area contributed by atoms with Crippen molar-refractivity contribution in [2.45, 2.75) is 19.3 Å². The zero-order valence-electron chi connectivity index (χ0n) is 25.9. The quantitative estimate of drug-likeness (QED) is 0.308. The van der Waals surface area contributed by atoms with E-state index in [1.807, 2.05) is 47.2 Å². The maximum Gasteiger partial charge on any atom is 0.237 e. The number of carbonyl (C=O) groups is 2. The second-order valence-corrected chi connectivity index (χ2v) is 12.6. The van der Waals surface area contributed by atoms with E-state index in [9.17, 15) is 9.59 Å². The fourth-order valence-electron chi connectivity index (χ4n) is 7.11. The lowest BCUT2D eigenvalue weighted by atomic mass is 9.85. The number of amides is 2. The first-order valence-electron chi connectivity index (χ1n) is 15.7. The van der Waals surface area contributed by atoms with Crippen molar-refractivity contribution < 1.29 is 9.59 Å². The molecule has 3 aliphatic heterocycles. The number of likely N-dealkylation sites (tertiary alicyclic amines) is 1. The minimum atomic E-state index is -0.453. The molecule has 6 heterocycles. The number of hydrogen-bond acceptors (Lipinski definition) is 8. The monoisotopic (exact) mass is 617 g/mol. The van der Waals surface area contributed by atoms with Crippen LogP contribution in [0.1, 0.15) is 24.8 Å². The Kier molecular flexibility index (Phi) is 6.78. The fourth-order valence-corrected chi connectivity index (χ4v) is 7.11. The number of hydrogen-bond donors (Lipinski definition) is 1. The van der Waals surface area contributed by atoms with Gasteiger partial charge in [-0.3, -0.25) is 24.3 Å². The molecule has 1 N–H and O–H groups in total. The molecule has 5 aromatic rings. The van der Waals surface area contributed by atoms with E-state index in [0.29, 0.717) is 49.9 Å². The molecule has 46 heavy (non-hydrogen) atoms. The minimum absolute atomic E-state index is 0.119. The normalized spacial score (nSPS) is 20.4. The summed E-state index contributed by atoms with van der Waals surface area (Å²) in [6, 6.07) is 14.2. The number of nitrogens with zero attached hydrogens (tertiary/aromatic N) is 10. The number of fused-ring (bicyclic) bond motifs is 1. The summed E-state index contributed by atoms with van der Waals surface area (Å²) < 4.78 is 1.70. The highest BCUT2D eigenvalue weighted by Gasteiger charge is 2.51. The Bertz CT molecular complexity index is 1990. The number of carbonyl (C=O) groups excluding carboxylic acids is 2. The summed E-state index contributed by atoms with van der Waals surface area (Å²) in [4.78, 5) is 39.1. The number of rotatable bonds is 6. The van der Waals surface area contributed by atoms with E-state index in [-0.39, 0.29) is 11.8 Å². The van der Waals surface area contributed by atoms with Crippen LogP contribution < -0.4 is 4.90 Å². The highest BCUT2D eigenvalue weighted by Crippen LogP contribution is 2.43. The molecule has 1 atom stereocenters. The van der Waals surface area contributed by atoms with Crippen LogP contribution in [-0.2, 0) is 23.7 Å². The van der Waals surface area contributed by atoms with Crippen LogP contribution in [0.5, 0.6) is 0 Å². The molecule has 13 nitrogen and oxygen atoms in total. The first kappa shape index (κ1) is 28.3. The van der Waals surface area contributed by atoms with Crippen LogP contribution in [0, 0.1) is 5.41 Å². The number of benzene rings is 2. The molecular weight excluding hydrogens is 582 g/mol. The number of anilines is 1. The van der Waals surface area contributed by atoms with Crippen LogP contribution in [0.3, 0.4) is 0 Å². The van der Waals surface area contributed by atoms with E-state index in [2.05, 4.69) is 53.6 Å². The summed E-state index contributed by atoms with van der Waals surface area (Å²) >= 11 is 0. The van der Waals surface area contributed by atoms with Crippen LogP contribution in [0.15, 0.2) is 61.1 Å². The molecule has 2 amide bonds. The topological polar surface area (TPSA) is 134 Å². The van der Waals surface area contributed by atoms with Gasteiger partial charge in [0.05, 0.1) is 23.7 Å². The third kappa shape index (κ3) is 4.96. The molecule has 0 radical (unpaired) electrons. The minimum Gasteiger partial charge on any atom is -0.338 e. The van der Waals surface area contributed by atoms with Gasteiger partial charge in [0.1, 0.15) is 17.7 Å². The van der Waals surface area contributed by atoms with E-state index in [1.165, 1.54) is 10.4 Å². The number of aryl methyl sites for hydroxylation is 2. The Hall–Kier alpha value is -5.17. The number of nitrogens with one attached hydrogen (secondary N) is 1. The van der Waals surface area contributed by atoms with E-state index in [1.54, 1.807) is 24.3 Å². The Morgan fingerprint density at radius 3 is 2.57 bits per heavy atom. The Labute approximate surface area is 265 Å². The van der Waals surface area contributed by atoms with E-state index in [4.69, 9.17) is 0 Å². The Morgan fingerprint density at radius 2 is 1.83 bits per heavy atom. The maximum atomic E-state index is 13.9. The van der Waals surface area contributed by atoms with Gasteiger partial charge >= 0.3 is 0 Å². The standard InChI is InChI=1S/C33H35N11O2/c1-40-21-34-31(39-40)24-5-3-22(4-6-24)23-9-13-43(14-10-23)29(45)19-42-15-11-33(20-42)12-16-44(32(33)46)25-7-8-27-26(17-25)30(37-36-27)28-18-35-41(2)38-28/h3-9,17-18,21H,10-16,19-20H2,1-2H3,(H,36,37). The number of aromatic nitrogens is 8. The van der Waals surface area contributed by atoms with E-state index in [0.717, 1.165) is 53.5 Å². The second kappa shape index (κ2) is 11.0. The molecule has 13 heteroatoms. The average Bonchev–Trinajstić information content (AvgIpc) is 3.91. The van der Waals surface area contributed by atoms with Gasteiger partial charge in [-0.1, -0.05) is 30.3 Å². The summed E-state index contributed by atoms with van der Waals surface area (Å²) in [6.45, 7) is 3.63. The highest BCUT2D eigenvalue weighted by molar-refractivity contribution is 6.03. The molecule has 1 unspecified atom stereocenters. The predicted octanol–water partition coefficient (Wildman–Crippen LogP) is 2.90. The van der Waals surface area contributed by atoms with Crippen molar-refractivity contribution >= 4 is 34.0 Å². The second-order valence-electron chi connectivity index (χ2n) is 12.6. The van der Waals surface area contributed by atoms with E-state index < -0.39 is 5.41 Å². The smallest absolute Gasteiger partial charge is 0.237 e. The van der Waals surface area contributed by atoms with Crippen molar-refractivity contribution in [1.82, 2.24) is 49.8 Å². The summed E-state index contributed by atoms with van der Waals surface area (Å²) in [5.41, 5.74) is 6.07. The number of H-pyrrole nitrogens is 1. The van der Waals surface area contributed by atoms with Crippen LogP contribution in [-0.4, -0.2) is 101 Å².